The molecule has 0 aliphatic heterocycles. The zero-order valence-corrected chi connectivity index (χ0v) is 13.3. The first-order chi connectivity index (χ1) is 11.0. The Labute approximate surface area is 134 Å². The van der Waals surface area contributed by atoms with Gasteiger partial charge in [0.15, 0.2) is 0 Å². The lowest BCUT2D eigenvalue weighted by atomic mass is 10.1. The van der Waals surface area contributed by atoms with E-state index in [2.05, 4.69) is 4.72 Å². The van der Waals surface area contributed by atoms with E-state index >= 15 is 0 Å². The summed E-state index contributed by atoms with van der Waals surface area (Å²) in [6.07, 6.45) is 0.710. The van der Waals surface area contributed by atoms with Crippen molar-refractivity contribution in [2.24, 2.45) is 0 Å². The van der Waals surface area contributed by atoms with E-state index < -0.39 is 16.0 Å². The summed E-state index contributed by atoms with van der Waals surface area (Å²) in [4.78, 5) is 11.4. The number of ether oxygens (including phenoxy) is 1. The van der Waals surface area contributed by atoms with Crippen LogP contribution in [0.4, 0.5) is 5.69 Å². The maximum Gasteiger partial charge on any atom is 0.337 e. The standard InChI is InChI=1S/C16H17NO5S/c1-2-11-22-14-10-6-9-13(16(18)19)15(14)17-23(20,21)12-7-4-3-5-8-12/h3-10,17H,2,11H2,1H3,(H,18,19). The number of para-hydroxylation sites is 1. The summed E-state index contributed by atoms with van der Waals surface area (Å²) in [5, 5.41) is 9.29. The predicted octanol–water partition coefficient (Wildman–Crippen LogP) is 2.97. The minimum absolute atomic E-state index is 0.0432. The number of carboxylic acids is 1. The van der Waals surface area contributed by atoms with Crippen molar-refractivity contribution in [3.8, 4) is 5.75 Å². The molecule has 122 valence electrons. The highest BCUT2D eigenvalue weighted by molar-refractivity contribution is 7.92. The number of anilines is 1. The molecule has 6 nitrogen and oxygen atoms in total. The summed E-state index contributed by atoms with van der Waals surface area (Å²) in [7, 11) is -3.91. The first-order valence-electron chi connectivity index (χ1n) is 7.02. The normalized spacial score (nSPS) is 11.0. The third-order valence-electron chi connectivity index (χ3n) is 3.01. The van der Waals surface area contributed by atoms with Gasteiger partial charge < -0.3 is 9.84 Å². The molecule has 0 fully saturated rings. The Bertz CT molecular complexity index is 787. The number of aromatic carboxylic acids is 1. The number of carbonyl (C=O) groups is 1. The topological polar surface area (TPSA) is 92.7 Å². The number of benzene rings is 2. The summed E-state index contributed by atoms with van der Waals surface area (Å²) in [6.45, 7) is 2.25. The van der Waals surface area contributed by atoms with E-state index in [-0.39, 0.29) is 21.9 Å². The molecule has 0 unspecified atom stereocenters. The average molecular weight is 335 g/mol. The lowest BCUT2D eigenvalue weighted by molar-refractivity contribution is 0.0697. The number of sulfonamides is 1. The molecule has 0 aliphatic rings. The van der Waals surface area contributed by atoms with Crippen molar-refractivity contribution < 1.29 is 23.1 Å². The summed E-state index contributed by atoms with van der Waals surface area (Å²) < 4.78 is 32.7. The Kier molecular flexibility index (Phi) is 5.23. The predicted molar refractivity (Wildman–Crippen MR) is 86.4 cm³/mol. The highest BCUT2D eigenvalue weighted by atomic mass is 32.2. The molecule has 2 aromatic rings. The van der Waals surface area contributed by atoms with Crippen molar-refractivity contribution in [1.82, 2.24) is 0 Å². The smallest absolute Gasteiger partial charge is 0.337 e. The van der Waals surface area contributed by atoms with Crippen molar-refractivity contribution in [3.63, 3.8) is 0 Å². The molecular weight excluding hydrogens is 318 g/mol. The van der Waals surface area contributed by atoms with E-state index in [1.54, 1.807) is 18.2 Å². The van der Waals surface area contributed by atoms with Gasteiger partial charge in [-0.15, -0.1) is 0 Å². The molecular formula is C16H17NO5S. The molecule has 0 heterocycles. The second-order valence-electron chi connectivity index (χ2n) is 4.75. The van der Waals surface area contributed by atoms with Crippen LogP contribution in [0.2, 0.25) is 0 Å². The zero-order chi connectivity index (χ0) is 16.9. The van der Waals surface area contributed by atoms with Crippen LogP contribution in [-0.4, -0.2) is 26.1 Å². The SMILES string of the molecule is CCCOc1cccc(C(=O)O)c1NS(=O)(=O)c1ccccc1. The average Bonchev–Trinajstić information content (AvgIpc) is 2.54. The fraction of sp³-hybridized carbons (Fsp3) is 0.188. The van der Waals surface area contributed by atoms with Crippen LogP contribution in [0, 0.1) is 0 Å². The van der Waals surface area contributed by atoms with E-state index in [1.807, 2.05) is 6.92 Å². The van der Waals surface area contributed by atoms with Gasteiger partial charge in [-0.2, -0.15) is 0 Å². The number of carboxylic acid groups (broad SMARTS) is 1. The molecule has 2 aromatic carbocycles. The van der Waals surface area contributed by atoms with Crippen molar-refractivity contribution in [3.05, 3.63) is 54.1 Å². The quantitative estimate of drug-likeness (QED) is 0.811. The molecule has 7 heteroatoms. The second-order valence-corrected chi connectivity index (χ2v) is 6.43. The second kappa shape index (κ2) is 7.15. The van der Waals surface area contributed by atoms with Gasteiger partial charge >= 0.3 is 5.97 Å². The van der Waals surface area contributed by atoms with Gasteiger partial charge in [0.1, 0.15) is 11.4 Å². The Morgan fingerprint density at radius 3 is 2.43 bits per heavy atom. The highest BCUT2D eigenvalue weighted by Gasteiger charge is 2.21. The zero-order valence-electron chi connectivity index (χ0n) is 12.5. The maximum absolute atomic E-state index is 12.4. The molecule has 0 bridgehead atoms. The van der Waals surface area contributed by atoms with E-state index in [0.717, 1.165) is 0 Å². The van der Waals surface area contributed by atoms with Crippen LogP contribution in [0.25, 0.3) is 0 Å². The third kappa shape index (κ3) is 4.01. The largest absolute Gasteiger partial charge is 0.491 e. The van der Waals surface area contributed by atoms with Gasteiger partial charge in [-0.3, -0.25) is 4.72 Å². The van der Waals surface area contributed by atoms with E-state index in [0.29, 0.717) is 13.0 Å². The van der Waals surface area contributed by atoms with Gasteiger partial charge in [-0.05, 0) is 30.7 Å². The molecule has 0 amide bonds. The summed E-state index contributed by atoms with van der Waals surface area (Å²) in [5.41, 5.74) is -0.240. The van der Waals surface area contributed by atoms with Crippen LogP contribution in [-0.2, 0) is 10.0 Å². The molecule has 0 aliphatic carbocycles. The Morgan fingerprint density at radius 2 is 1.83 bits per heavy atom. The molecule has 0 saturated heterocycles. The fourth-order valence-corrected chi connectivity index (χ4v) is 3.05. The summed E-state index contributed by atoms with van der Waals surface area (Å²) >= 11 is 0. The fourth-order valence-electron chi connectivity index (χ4n) is 1.94. The van der Waals surface area contributed by atoms with Crippen LogP contribution in [0.3, 0.4) is 0 Å². The molecule has 0 radical (unpaired) electrons. The Hall–Kier alpha value is -2.54. The molecule has 23 heavy (non-hydrogen) atoms. The summed E-state index contributed by atoms with van der Waals surface area (Å²) in [5.74, 6) is -1.05. The minimum atomic E-state index is -3.91. The summed E-state index contributed by atoms with van der Waals surface area (Å²) in [6, 6.07) is 12.1. The van der Waals surface area contributed by atoms with Gasteiger partial charge in [0.2, 0.25) is 0 Å². The van der Waals surface area contributed by atoms with E-state index in [9.17, 15) is 18.3 Å². The maximum atomic E-state index is 12.4. The molecule has 2 N–H and O–H groups in total. The van der Waals surface area contributed by atoms with Crippen molar-refractivity contribution >= 4 is 21.7 Å². The Morgan fingerprint density at radius 1 is 1.13 bits per heavy atom. The molecule has 2 rings (SSSR count). The van der Waals surface area contributed by atoms with Gasteiger partial charge in [-0.25, -0.2) is 13.2 Å². The van der Waals surface area contributed by atoms with Crippen LogP contribution >= 0.6 is 0 Å². The van der Waals surface area contributed by atoms with Crippen LogP contribution in [0.1, 0.15) is 23.7 Å². The monoisotopic (exact) mass is 335 g/mol. The van der Waals surface area contributed by atoms with Gasteiger partial charge in [0.05, 0.1) is 17.1 Å². The highest BCUT2D eigenvalue weighted by Crippen LogP contribution is 2.31. The van der Waals surface area contributed by atoms with Crippen LogP contribution < -0.4 is 9.46 Å². The molecule has 0 atom stereocenters. The van der Waals surface area contributed by atoms with E-state index in [1.165, 1.54) is 30.3 Å². The minimum Gasteiger partial charge on any atom is -0.491 e. The van der Waals surface area contributed by atoms with Gasteiger partial charge in [0.25, 0.3) is 10.0 Å². The van der Waals surface area contributed by atoms with Crippen LogP contribution in [0.15, 0.2) is 53.4 Å². The molecule has 0 spiro atoms. The van der Waals surface area contributed by atoms with Crippen molar-refractivity contribution in [2.45, 2.75) is 18.2 Å². The van der Waals surface area contributed by atoms with Gasteiger partial charge in [-0.1, -0.05) is 31.2 Å². The first kappa shape index (κ1) is 16.8. The first-order valence-corrected chi connectivity index (χ1v) is 8.51. The number of nitrogens with one attached hydrogen (secondary N) is 1. The number of hydrogen-bond acceptors (Lipinski definition) is 4. The van der Waals surface area contributed by atoms with Crippen molar-refractivity contribution in [1.29, 1.82) is 0 Å². The number of rotatable bonds is 7. The lowest BCUT2D eigenvalue weighted by Crippen LogP contribution is -2.16. The number of hydrogen-bond donors (Lipinski definition) is 2. The van der Waals surface area contributed by atoms with Crippen LogP contribution in [0.5, 0.6) is 5.75 Å². The van der Waals surface area contributed by atoms with E-state index in [4.69, 9.17) is 4.74 Å². The lowest BCUT2D eigenvalue weighted by Gasteiger charge is -2.15. The van der Waals surface area contributed by atoms with Crippen molar-refractivity contribution in [2.75, 3.05) is 11.3 Å². The molecule has 0 saturated carbocycles. The Balaban J connectivity index is 2.46. The third-order valence-corrected chi connectivity index (χ3v) is 4.37. The van der Waals surface area contributed by atoms with Gasteiger partial charge in [0, 0.05) is 0 Å². The molecule has 0 aromatic heterocycles.